The molecule has 7 aromatic rings. The van der Waals surface area contributed by atoms with Gasteiger partial charge in [-0.15, -0.1) is 9.46 Å². The molecule has 53 heavy (non-hydrogen) atoms. The molecular formula is C39H40N10O4. The summed E-state index contributed by atoms with van der Waals surface area (Å²) in [5.41, 5.74) is 19.0. The van der Waals surface area contributed by atoms with Gasteiger partial charge in [0.15, 0.2) is 11.3 Å². The van der Waals surface area contributed by atoms with E-state index < -0.39 is 5.56 Å². The standard InChI is InChI=1S/C23H23N5O2.C16H17N5O2/c1-16-22-20(25-13-18-9-7-17(12-24)8-10-18)11-21(29)28(23(22)27-15-26-16)30-14-19-5-3-2-4-6-19;1-10-15-13(6-14(22)21(23)16(15)20-9-19-10)18-8-12-4-2-11(7-17)3-5-12/h2-11,15,25H,12-14,24H2,1H3;2-6,9,18,23H,7-8,17H2,1H3. The molecule has 14 nitrogen and oxygen atoms in total. The van der Waals surface area contributed by atoms with Crippen molar-refractivity contribution in [1.82, 2.24) is 29.4 Å². The van der Waals surface area contributed by atoms with E-state index in [2.05, 4.69) is 30.6 Å². The van der Waals surface area contributed by atoms with Gasteiger partial charge in [-0.1, -0.05) is 78.9 Å². The Bertz CT molecular complexity index is 2450. The lowest BCUT2D eigenvalue weighted by molar-refractivity contribution is 0.0979. The molecule has 14 heteroatoms. The normalized spacial score (nSPS) is 10.9. The smallest absolute Gasteiger partial charge is 0.287 e. The third kappa shape index (κ3) is 8.47. The fourth-order valence-corrected chi connectivity index (χ4v) is 5.69. The molecule has 0 spiro atoms. The second kappa shape index (κ2) is 16.6. The van der Waals surface area contributed by atoms with Crippen LogP contribution in [0.15, 0.2) is 113 Å². The molecule has 0 aliphatic heterocycles. The summed E-state index contributed by atoms with van der Waals surface area (Å²) >= 11 is 0. The number of aryl methyl sites for hydroxylation is 2. The predicted molar refractivity (Wildman–Crippen MR) is 204 cm³/mol. The Morgan fingerprint density at radius 1 is 0.623 bits per heavy atom. The van der Waals surface area contributed by atoms with E-state index in [0.29, 0.717) is 59.0 Å². The summed E-state index contributed by atoms with van der Waals surface area (Å²) in [5, 5.41) is 17.8. The summed E-state index contributed by atoms with van der Waals surface area (Å²) in [5.74, 6) is 0. The summed E-state index contributed by atoms with van der Waals surface area (Å²) in [4.78, 5) is 47.2. The summed E-state index contributed by atoms with van der Waals surface area (Å²) < 4.78 is 1.77. The second-order valence-corrected chi connectivity index (χ2v) is 12.2. The molecule has 3 aromatic carbocycles. The molecule has 0 aliphatic carbocycles. The van der Waals surface area contributed by atoms with Crippen molar-refractivity contribution in [1.29, 1.82) is 0 Å². The van der Waals surface area contributed by atoms with Gasteiger partial charge in [0.1, 0.15) is 19.3 Å². The number of pyridine rings is 2. The minimum absolute atomic E-state index is 0.186. The lowest BCUT2D eigenvalue weighted by Crippen LogP contribution is -2.28. The van der Waals surface area contributed by atoms with Crippen LogP contribution in [-0.2, 0) is 32.8 Å². The molecule has 0 saturated heterocycles. The SMILES string of the molecule is Cc1ncnc2c1c(NCc1ccc(CN)cc1)cc(=O)n2O.Cc1ncnc2c1c(NCc1ccc(CN)cc1)cc(=O)n2OCc1ccccc1. The van der Waals surface area contributed by atoms with E-state index in [9.17, 15) is 14.8 Å². The molecule has 0 saturated carbocycles. The average molecular weight is 713 g/mol. The first-order chi connectivity index (χ1) is 25.7. The molecule has 7 rings (SSSR count). The van der Waals surface area contributed by atoms with Crippen molar-refractivity contribution in [2.24, 2.45) is 11.5 Å². The maximum Gasteiger partial charge on any atom is 0.287 e. The Balaban J connectivity index is 0.000000188. The Hall–Kier alpha value is -6.64. The predicted octanol–water partition coefficient (Wildman–Crippen LogP) is 4.21. The Labute approximate surface area is 304 Å². The minimum Gasteiger partial charge on any atom is -0.423 e. The van der Waals surface area contributed by atoms with Crippen LogP contribution in [0.3, 0.4) is 0 Å². The maximum absolute atomic E-state index is 12.8. The van der Waals surface area contributed by atoms with E-state index in [-0.39, 0.29) is 17.8 Å². The molecule has 7 N–H and O–H groups in total. The van der Waals surface area contributed by atoms with E-state index in [4.69, 9.17) is 16.3 Å². The highest BCUT2D eigenvalue weighted by Gasteiger charge is 2.15. The van der Waals surface area contributed by atoms with Crippen molar-refractivity contribution >= 4 is 33.4 Å². The average Bonchev–Trinajstić information content (AvgIpc) is 3.18. The quantitative estimate of drug-likeness (QED) is 0.120. The molecule has 4 aromatic heterocycles. The van der Waals surface area contributed by atoms with Gasteiger partial charge in [-0.2, -0.15) is 0 Å². The lowest BCUT2D eigenvalue weighted by atomic mass is 10.1. The van der Waals surface area contributed by atoms with Crippen LogP contribution in [0.1, 0.15) is 39.2 Å². The van der Waals surface area contributed by atoms with Gasteiger partial charge in [0.25, 0.3) is 11.1 Å². The number of nitrogens with two attached hydrogens (primary N) is 2. The first kappa shape index (κ1) is 36.2. The van der Waals surface area contributed by atoms with Crippen molar-refractivity contribution in [3.8, 4) is 0 Å². The largest absolute Gasteiger partial charge is 0.423 e. The van der Waals surface area contributed by atoms with Crippen LogP contribution in [0.4, 0.5) is 11.4 Å². The number of anilines is 2. The van der Waals surface area contributed by atoms with E-state index in [0.717, 1.165) is 38.9 Å². The Morgan fingerprint density at radius 2 is 1.09 bits per heavy atom. The molecule has 4 heterocycles. The summed E-state index contributed by atoms with van der Waals surface area (Å²) in [6, 6.07) is 28.5. The van der Waals surface area contributed by atoms with Gasteiger partial charge in [0.05, 0.1) is 33.5 Å². The first-order valence-electron chi connectivity index (χ1n) is 16.9. The van der Waals surface area contributed by atoms with Crippen molar-refractivity contribution in [3.05, 3.63) is 164 Å². The summed E-state index contributed by atoms with van der Waals surface area (Å²) in [7, 11) is 0. The Morgan fingerprint density at radius 3 is 1.62 bits per heavy atom. The van der Waals surface area contributed by atoms with Gasteiger partial charge in [-0.25, -0.2) is 19.9 Å². The van der Waals surface area contributed by atoms with E-state index in [1.54, 1.807) is 6.92 Å². The zero-order valence-corrected chi connectivity index (χ0v) is 29.4. The number of nitrogens with one attached hydrogen (secondary N) is 2. The molecular weight excluding hydrogens is 672 g/mol. The van der Waals surface area contributed by atoms with Crippen LogP contribution < -0.4 is 38.1 Å². The van der Waals surface area contributed by atoms with Crippen LogP contribution in [0.5, 0.6) is 0 Å². The van der Waals surface area contributed by atoms with Gasteiger partial charge >= 0.3 is 0 Å². The molecule has 0 radical (unpaired) electrons. The van der Waals surface area contributed by atoms with Crippen molar-refractivity contribution in [3.63, 3.8) is 0 Å². The van der Waals surface area contributed by atoms with Gasteiger partial charge in [0.2, 0.25) is 0 Å². The lowest BCUT2D eigenvalue weighted by Gasteiger charge is -2.15. The van der Waals surface area contributed by atoms with Gasteiger partial charge in [-0.3, -0.25) is 9.59 Å². The highest BCUT2D eigenvalue weighted by Crippen LogP contribution is 2.24. The number of benzene rings is 3. The molecule has 0 fully saturated rings. The molecule has 0 atom stereocenters. The third-order valence-corrected chi connectivity index (χ3v) is 8.60. The molecule has 270 valence electrons. The third-order valence-electron chi connectivity index (χ3n) is 8.60. The van der Waals surface area contributed by atoms with E-state index in [1.807, 2.05) is 85.8 Å². The monoisotopic (exact) mass is 712 g/mol. The number of rotatable bonds is 11. The topological polar surface area (TPSA) is 201 Å². The Kier molecular flexibility index (Phi) is 11.3. The molecule has 0 bridgehead atoms. The molecule has 0 aliphatic rings. The zero-order valence-electron chi connectivity index (χ0n) is 29.4. The number of hydrogen-bond acceptors (Lipinski definition) is 12. The fraction of sp³-hybridized carbons (Fsp3) is 0.179. The number of nitrogens with zero attached hydrogens (tertiary/aromatic N) is 6. The zero-order chi connectivity index (χ0) is 37.3. The molecule has 0 amide bonds. The highest BCUT2D eigenvalue weighted by atomic mass is 16.7. The van der Waals surface area contributed by atoms with Crippen molar-refractivity contribution in [2.75, 3.05) is 10.6 Å². The van der Waals surface area contributed by atoms with Crippen LogP contribution in [-0.4, -0.2) is 34.6 Å². The summed E-state index contributed by atoms with van der Waals surface area (Å²) in [6.07, 6.45) is 2.76. The number of fused-ring (bicyclic) bond motifs is 2. The fourth-order valence-electron chi connectivity index (χ4n) is 5.69. The van der Waals surface area contributed by atoms with Crippen LogP contribution in [0.2, 0.25) is 0 Å². The van der Waals surface area contributed by atoms with Crippen LogP contribution in [0, 0.1) is 13.8 Å². The minimum atomic E-state index is -0.545. The molecule has 0 unspecified atom stereocenters. The van der Waals surface area contributed by atoms with Gasteiger partial charge in [0, 0.05) is 38.3 Å². The second-order valence-electron chi connectivity index (χ2n) is 12.2. The first-order valence-corrected chi connectivity index (χ1v) is 16.9. The van der Waals surface area contributed by atoms with Crippen LogP contribution >= 0.6 is 0 Å². The van der Waals surface area contributed by atoms with Gasteiger partial charge < -0.3 is 32.1 Å². The highest BCUT2D eigenvalue weighted by molar-refractivity contribution is 5.91. The number of aromatic nitrogens is 6. The van der Waals surface area contributed by atoms with Crippen LogP contribution in [0.25, 0.3) is 22.1 Å². The summed E-state index contributed by atoms with van der Waals surface area (Å²) in [6.45, 7) is 6.05. The van der Waals surface area contributed by atoms with Crippen molar-refractivity contribution < 1.29 is 10.0 Å². The number of hydrogen-bond donors (Lipinski definition) is 5. The van der Waals surface area contributed by atoms with E-state index in [1.165, 1.54) is 29.5 Å². The van der Waals surface area contributed by atoms with Gasteiger partial charge in [-0.05, 0) is 41.7 Å². The maximum atomic E-state index is 12.8. The van der Waals surface area contributed by atoms with E-state index >= 15 is 0 Å². The van der Waals surface area contributed by atoms with Crippen molar-refractivity contribution in [2.45, 2.75) is 46.6 Å².